The Bertz CT molecular complexity index is 1310. The molecule has 4 heterocycles. The smallest absolute Gasteiger partial charge is 0.332 e. The number of barbiturate groups is 2. The molecular weight excluding hydrogens is 502 g/mol. The van der Waals surface area contributed by atoms with Gasteiger partial charge in [-0.2, -0.15) is 0 Å². The summed E-state index contributed by atoms with van der Waals surface area (Å²) in [5, 5.41) is 2.25. The van der Waals surface area contributed by atoms with Gasteiger partial charge in [0.15, 0.2) is 5.41 Å². The van der Waals surface area contributed by atoms with Crippen molar-refractivity contribution in [2.45, 2.75) is 52.0 Å². The summed E-state index contributed by atoms with van der Waals surface area (Å²) in [5.74, 6) is -2.03. The van der Waals surface area contributed by atoms with E-state index in [1.165, 1.54) is 20.2 Å². The van der Waals surface area contributed by atoms with Gasteiger partial charge in [-0.25, -0.2) is 9.59 Å². The Hall–Kier alpha value is -4.02. The van der Waals surface area contributed by atoms with E-state index in [9.17, 15) is 28.8 Å². The highest BCUT2D eigenvalue weighted by Crippen LogP contribution is 2.49. The van der Waals surface area contributed by atoms with Crippen LogP contribution in [0.25, 0.3) is 6.08 Å². The minimum absolute atomic E-state index is 0.0973. The first kappa shape index (κ1) is 26.6. The molecule has 1 atom stereocenters. The van der Waals surface area contributed by atoms with Gasteiger partial charge in [-0.1, -0.05) is 19.9 Å². The molecule has 39 heavy (non-hydrogen) atoms. The van der Waals surface area contributed by atoms with Gasteiger partial charge in [-0.3, -0.25) is 39.2 Å². The molecule has 1 aromatic carbocycles. The van der Waals surface area contributed by atoms with Crippen molar-refractivity contribution in [1.29, 1.82) is 0 Å². The number of hydrogen-bond acceptors (Lipinski definition) is 7. The van der Waals surface area contributed by atoms with E-state index >= 15 is 0 Å². The Balaban J connectivity index is 1.50. The Kier molecular flexibility index (Phi) is 6.56. The second-order valence-corrected chi connectivity index (χ2v) is 11.2. The molecule has 3 fully saturated rings. The van der Waals surface area contributed by atoms with Gasteiger partial charge in [-0.15, -0.1) is 0 Å². The van der Waals surface area contributed by atoms with E-state index in [0.717, 1.165) is 33.2 Å². The van der Waals surface area contributed by atoms with Crippen molar-refractivity contribution in [3.05, 3.63) is 34.9 Å². The molecule has 1 N–H and O–H groups in total. The highest BCUT2D eigenvalue weighted by Gasteiger charge is 2.63. The highest BCUT2D eigenvalue weighted by molar-refractivity contribution is 6.31. The lowest BCUT2D eigenvalue weighted by Crippen LogP contribution is -2.70. The second kappa shape index (κ2) is 9.62. The second-order valence-electron chi connectivity index (χ2n) is 11.2. The molecule has 1 spiro atoms. The number of anilines is 1. The van der Waals surface area contributed by atoms with Gasteiger partial charge in [0.25, 0.3) is 11.8 Å². The lowest BCUT2D eigenvalue weighted by atomic mass is 9.68. The van der Waals surface area contributed by atoms with Crippen molar-refractivity contribution >= 4 is 47.5 Å². The first-order valence-corrected chi connectivity index (χ1v) is 13.4. The number of amides is 8. The van der Waals surface area contributed by atoms with Gasteiger partial charge in [0.05, 0.1) is 6.04 Å². The molecule has 0 bridgehead atoms. The Morgan fingerprint density at radius 1 is 1.05 bits per heavy atom. The lowest BCUT2D eigenvalue weighted by Gasteiger charge is -2.50. The molecule has 8 amide bonds. The standard InChI is InChI=1S/C28H33N5O6/c1-16(2)7-5-12-33-23(35)19(22(34)29-26(33)38)14-17-9-10-20-18(13-17)15-28(21-8-6-11-32(20)21)24(36)30(3)27(39)31(4)25(28)37/h9-10,13-14,16,21H,5-8,11-12,15H2,1-4H3,(H,29,34,38)/b19-14-/t21-/m1/s1. The van der Waals surface area contributed by atoms with E-state index in [1.807, 2.05) is 6.07 Å². The number of benzene rings is 1. The van der Waals surface area contributed by atoms with Gasteiger partial charge in [0.1, 0.15) is 5.57 Å². The molecule has 4 aliphatic heterocycles. The van der Waals surface area contributed by atoms with Crippen molar-refractivity contribution < 1.29 is 28.8 Å². The van der Waals surface area contributed by atoms with Crippen LogP contribution in [-0.2, 0) is 25.6 Å². The zero-order chi connectivity index (χ0) is 28.2. The topological polar surface area (TPSA) is 127 Å². The maximum Gasteiger partial charge on any atom is 0.332 e. The van der Waals surface area contributed by atoms with E-state index in [1.54, 1.807) is 12.1 Å². The maximum absolute atomic E-state index is 13.6. The first-order chi connectivity index (χ1) is 18.5. The van der Waals surface area contributed by atoms with Gasteiger partial charge in [0, 0.05) is 32.9 Å². The van der Waals surface area contributed by atoms with Gasteiger partial charge >= 0.3 is 12.1 Å². The van der Waals surface area contributed by atoms with Crippen molar-refractivity contribution in [3.8, 4) is 0 Å². The van der Waals surface area contributed by atoms with Crippen molar-refractivity contribution in [2.24, 2.45) is 11.3 Å². The van der Waals surface area contributed by atoms with E-state index < -0.39 is 41.1 Å². The molecule has 0 saturated carbocycles. The number of urea groups is 2. The molecule has 0 aliphatic carbocycles. The van der Waals surface area contributed by atoms with E-state index in [-0.39, 0.29) is 24.6 Å². The van der Waals surface area contributed by atoms with Crippen molar-refractivity contribution in [3.63, 3.8) is 0 Å². The third kappa shape index (κ3) is 4.11. The van der Waals surface area contributed by atoms with Crippen LogP contribution < -0.4 is 10.2 Å². The molecule has 4 aliphatic rings. The first-order valence-electron chi connectivity index (χ1n) is 13.4. The average molecular weight is 536 g/mol. The molecule has 11 heteroatoms. The fraction of sp³-hybridized carbons (Fsp3) is 0.500. The van der Waals surface area contributed by atoms with Crippen LogP contribution in [-0.4, -0.2) is 83.6 Å². The minimum atomic E-state index is -1.44. The number of carbonyl (C=O) groups is 6. The normalized spacial score (nSPS) is 23.8. The Morgan fingerprint density at radius 3 is 2.41 bits per heavy atom. The lowest BCUT2D eigenvalue weighted by molar-refractivity contribution is -0.159. The molecule has 11 nitrogen and oxygen atoms in total. The van der Waals surface area contributed by atoms with Crippen LogP contribution in [0.15, 0.2) is 23.8 Å². The van der Waals surface area contributed by atoms with Crippen LogP contribution in [0.5, 0.6) is 0 Å². The number of nitrogens with one attached hydrogen (secondary N) is 1. The van der Waals surface area contributed by atoms with Crippen LogP contribution in [0.4, 0.5) is 15.3 Å². The van der Waals surface area contributed by atoms with Crippen molar-refractivity contribution in [1.82, 2.24) is 20.0 Å². The number of carbonyl (C=O) groups excluding carboxylic acids is 6. The quantitative estimate of drug-likeness (QED) is 0.348. The van der Waals surface area contributed by atoms with E-state index in [2.05, 4.69) is 24.1 Å². The van der Waals surface area contributed by atoms with Gasteiger partial charge in [0.2, 0.25) is 11.8 Å². The highest BCUT2D eigenvalue weighted by atomic mass is 16.2. The summed E-state index contributed by atoms with van der Waals surface area (Å²) in [6.45, 7) is 4.98. The Labute approximate surface area is 226 Å². The van der Waals surface area contributed by atoms with Crippen LogP contribution in [0.2, 0.25) is 0 Å². The summed E-state index contributed by atoms with van der Waals surface area (Å²) in [6, 6.07) is 3.68. The third-order valence-electron chi connectivity index (χ3n) is 8.31. The maximum atomic E-state index is 13.6. The number of nitrogens with zero attached hydrogens (tertiary/aromatic N) is 4. The summed E-state index contributed by atoms with van der Waals surface area (Å²) >= 11 is 0. The molecule has 0 unspecified atom stereocenters. The number of rotatable bonds is 5. The summed E-state index contributed by atoms with van der Waals surface area (Å²) < 4.78 is 0. The zero-order valence-electron chi connectivity index (χ0n) is 22.7. The minimum Gasteiger partial charge on any atom is -0.367 e. The molecule has 1 aromatic rings. The van der Waals surface area contributed by atoms with Crippen LogP contribution in [0, 0.1) is 11.3 Å². The summed E-state index contributed by atoms with van der Waals surface area (Å²) in [5.41, 5.74) is 0.542. The van der Waals surface area contributed by atoms with E-state index in [4.69, 9.17) is 0 Å². The van der Waals surface area contributed by atoms with Crippen LogP contribution in [0.1, 0.15) is 50.7 Å². The van der Waals surface area contributed by atoms with Gasteiger partial charge < -0.3 is 4.90 Å². The molecule has 206 valence electrons. The van der Waals surface area contributed by atoms with E-state index in [0.29, 0.717) is 36.4 Å². The Morgan fingerprint density at radius 2 is 1.74 bits per heavy atom. The predicted molar refractivity (Wildman–Crippen MR) is 141 cm³/mol. The fourth-order valence-corrected chi connectivity index (χ4v) is 6.35. The molecule has 3 saturated heterocycles. The van der Waals surface area contributed by atoms with Crippen LogP contribution in [0.3, 0.4) is 0 Å². The number of hydrogen-bond donors (Lipinski definition) is 1. The number of imide groups is 4. The SMILES string of the molecule is CC(C)CCCN1C(=O)NC(=O)/C(=C/c2ccc3c(c2)CC2(C(=O)N(C)C(=O)N(C)C2=O)[C@H]2CCCN32)C1=O. The molecule has 0 aromatic heterocycles. The third-order valence-corrected chi connectivity index (χ3v) is 8.31. The average Bonchev–Trinajstić information content (AvgIpc) is 3.40. The largest absolute Gasteiger partial charge is 0.367 e. The summed E-state index contributed by atoms with van der Waals surface area (Å²) in [6.07, 6.45) is 4.45. The van der Waals surface area contributed by atoms with Crippen molar-refractivity contribution in [2.75, 3.05) is 32.1 Å². The zero-order valence-corrected chi connectivity index (χ0v) is 22.7. The summed E-state index contributed by atoms with van der Waals surface area (Å²) in [7, 11) is 2.79. The molecule has 5 rings (SSSR count). The number of fused-ring (bicyclic) bond motifs is 4. The van der Waals surface area contributed by atoms with Gasteiger partial charge in [-0.05, 0) is 67.4 Å². The molecular formula is C28H33N5O6. The molecule has 0 radical (unpaired) electrons. The monoisotopic (exact) mass is 535 g/mol. The fourth-order valence-electron chi connectivity index (χ4n) is 6.35. The van der Waals surface area contributed by atoms with Crippen LogP contribution >= 0.6 is 0 Å². The predicted octanol–water partition coefficient (Wildman–Crippen LogP) is 2.15. The summed E-state index contributed by atoms with van der Waals surface area (Å²) in [4.78, 5) is 82.9.